The Morgan fingerprint density at radius 2 is 2.09 bits per heavy atom. The zero-order valence-electron chi connectivity index (χ0n) is 13.6. The van der Waals surface area contributed by atoms with Crippen LogP contribution in [-0.4, -0.2) is 22.4 Å². The summed E-state index contributed by atoms with van der Waals surface area (Å²) in [5.41, 5.74) is 4.93. The molecule has 2 atom stereocenters. The van der Waals surface area contributed by atoms with Crippen LogP contribution < -0.4 is 5.43 Å². The third-order valence-corrected chi connectivity index (χ3v) is 6.14. The van der Waals surface area contributed by atoms with Crippen molar-refractivity contribution in [3.63, 3.8) is 0 Å². The number of nitrogens with one attached hydrogen (secondary N) is 2. The van der Waals surface area contributed by atoms with Gasteiger partial charge in [0, 0.05) is 22.9 Å². The number of Topliss-reactive ketones (excluding diaryl/α,β-unsaturated/α-hetero) is 1. The van der Waals surface area contributed by atoms with Gasteiger partial charge in [0.15, 0.2) is 5.78 Å². The number of fused-ring (bicyclic) bond motifs is 2. The summed E-state index contributed by atoms with van der Waals surface area (Å²) in [6.07, 6.45) is 4.89. The lowest BCUT2D eigenvalue weighted by Gasteiger charge is -2.34. The third-order valence-electron chi connectivity index (χ3n) is 6.14. The van der Waals surface area contributed by atoms with Crippen LogP contribution in [0.2, 0.25) is 0 Å². The molecule has 0 unspecified atom stereocenters. The minimum atomic E-state index is -0.302. The molecular weight excluding hydrogens is 278 g/mol. The fourth-order valence-electron chi connectivity index (χ4n) is 4.00. The molecule has 118 valence electrons. The molecule has 2 saturated carbocycles. The van der Waals surface area contributed by atoms with E-state index in [0.717, 1.165) is 18.6 Å². The number of carbonyl (C=O) groups is 2. The summed E-state index contributed by atoms with van der Waals surface area (Å²) in [6.45, 7) is 8.34. The molecule has 1 aromatic rings. The molecule has 0 spiro atoms. The number of amides is 1. The van der Waals surface area contributed by atoms with Crippen molar-refractivity contribution in [2.45, 2.75) is 47.0 Å². The number of carbonyl (C=O) groups excluding carboxylic acids is 2. The van der Waals surface area contributed by atoms with E-state index in [1.165, 1.54) is 13.3 Å². The topological polar surface area (TPSA) is 74.3 Å². The molecule has 1 aromatic heterocycles. The van der Waals surface area contributed by atoms with E-state index in [1.54, 1.807) is 12.3 Å². The molecule has 0 radical (unpaired) electrons. The van der Waals surface area contributed by atoms with Crippen LogP contribution in [-0.2, 0) is 0 Å². The van der Waals surface area contributed by atoms with Gasteiger partial charge in [-0.3, -0.25) is 9.59 Å². The number of rotatable bonds is 3. The lowest BCUT2D eigenvalue weighted by molar-refractivity contribution is 0.0949. The largest absolute Gasteiger partial charge is 0.356 e. The second kappa shape index (κ2) is 4.80. The molecular formula is C17H23N3O2. The van der Waals surface area contributed by atoms with Crippen molar-refractivity contribution in [1.29, 1.82) is 0 Å². The second-order valence-electron chi connectivity index (χ2n) is 7.35. The van der Waals surface area contributed by atoms with Gasteiger partial charge in [-0.25, -0.2) is 5.43 Å². The number of aromatic nitrogens is 1. The maximum atomic E-state index is 12.1. The summed E-state index contributed by atoms with van der Waals surface area (Å²) in [5, 5.41) is 4.42. The molecule has 2 bridgehead atoms. The lowest BCUT2D eigenvalue weighted by atomic mass is 9.70. The van der Waals surface area contributed by atoms with Crippen molar-refractivity contribution < 1.29 is 9.59 Å². The van der Waals surface area contributed by atoms with Crippen LogP contribution >= 0.6 is 0 Å². The fraction of sp³-hybridized carbons (Fsp3) is 0.588. The van der Waals surface area contributed by atoms with Crippen molar-refractivity contribution in [2.24, 2.45) is 21.8 Å². The van der Waals surface area contributed by atoms with Crippen molar-refractivity contribution in [3.8, 4) is 0 Å². The molecule has 2 aliphatic rings. The Kier molecular flexibility index (Phi) is 3.27. The quantitative estimate of drug-likeness (QED) is 0.665. The van der Waals surface area contributed by atoms with E-state index in [2.05, 4.69) is 36.3 Å². The van der Waals surface area contributed by atoms with Gasteiger partial charge in [-0.1, -0.05) is 20.8 Å². The summed E-state index contributed by atoms with van der Waals surface area (Å²) in [6, 6.07) is 1.56. The Balaban J connectivity index is 1.75. The first-order valence-electron chi connectivity index (χ1n) is 7.82. The monoisotopic (exact) mass is 301 g/mol. The van der Waals surface area contributed by atoms with Crippen LogP contribution in [0.5, 0.6) is 0 Å². The van der Waals surface area contributed by atoms with Crippen LogP contribution in [0, 0.1) is 16.7 Å². The zero-order chi connectivity index (χ0) is 16.1. The Morgan fingerprint density at radius 1 is 1.36 bits per heavy atom. The van der Waals surface area contributed by atoms with Crippen LogP contribution in [0.15, 0.2) is 17.4 Å². The molecule has 2 fully saturated rings. The van der Waals surface area contributed by atoms with Crippen molar-refractivity contribution >= 4 is 17.4 Å². The van der Waals surface area contributed by atoms with Crippen LogP contribution in [0.3, 0.4) is 0 Å². The van der Waals surface area contributed by atoms with Gasteiger partial charge in [-0.2, -0.15) is 5.10 Å². The molecule has 0 aliphatic heterocycles. The van der Waals surface area contributed by atoms with Gasteiger partial charge in [-0.05, 0) is 43.6 Å². The third kappa shape index (κ3) is 2.02. The zero-order valence-corrected chi connectivity index (χ0v) is 13.6. The highest BCUT2D eigenvalue weighted by molar-refractivity contribution is 6.00. The normalized spacial score (nSPS) is 30.7. The predicted octanol–water partition coefficient (Wildman–Crippen LogP) is 3.15. The number of hydrogen-bond acceptors (Lipinski definition) is 3. The number of hydrogen-bond donors (Lipinski definition) is 2. The maximum absolute atomic E-state index is 12.1. The van der Waals surface area contributed by atoms with Crippen molar-refractivity contribution in [3.05, 3.63) is 23.5 Å². The second-order valence-corrected chi connectivity index (χ2v) is 7.35. The average molecular weight is 301 g/mol. The first-order chi connectivity index (χ1) is 10.3. The molecule has 0 saturated heterocycles. The summed E-state index contributed by atoms with van der Waals surface area (Å²) in [7, 11) is 0. The standard InChI is InChI=1S/C17H23N3O2/c1-10(21)11-7-13(18-9-11)15(22)20-19-14-8-12-5-6-17(14,4)16(12,2)3/h7,9,12,18H,5-6,8H2,1-4H3,(H,20,22)/b19-14-/t12-,17+/m0/s1. The number of hydrazone groups is 1. The summed E-state index contributed by atoms with van der Waals surface area (Å²) >= 11 is 0. The Labute approximate surface area is 130 Å². The van der Waals surface area contributed by atoms with Gasteiger partial charge in [0.25, 0.3) is 5.91 Å². The van der Waals surface area contributed by atoms with Crippen LogP contribution in [0.25, 0.3) is 0 Å². The number of H-pyrrole nitrogens is 1. The summed E-state index contributed by atoms with van der Waals surface area (Å²) in [5.74, 6) is 0.288. The van der Waals surface area contributed by atoms with E-state index in [1.807, 2.05) is 0 Å². The molecule has 5 nitrogen and oxygen atoms in total. The fourth-order valence-corrected chi connectivity index (χ4v) is 4.00. The SMILES string of the molecule is CC(=O)c1c[nH]c(C(=O)N/N=C2/C[C@@H]3CC[C@@]2(C)C3(C)C)c1. The molecule has 5 heteroatoms. The maximum Gasteiger partial charge on any atom is 0.287 e. The summed E-state index contributed by atoms with van der Waals surface area (Å²) in [4.78, 5) is 26.2. The van der Waals surface area contributed by atoms with E-state index >= 15 is 0 Å². The van der Waals surface area contributed by atoms with Crippen molar-refractivity contribution in [2.75, 3.05) is 0 Å². The van der Waals surface area contributed by atoms with Crippen molar-refractivity contribution in [1.82, 2.24) is 10.4 Å². The molecule has 2 N–H and O–H groups in total. The molecule has 2 aliphatic carbocycles. The molecule has 1 amide bonds. The summed E-state index contributed by atoms with van der Waals surface area (Å²) < 4.78 is 0. The van der Waals surface area contributed by atoms with Gasteiger partial charge >= 0.3 is 0 Å². The Hall–Kier alpha value is -1.91. The number of aromatic amines is 1. The highest BCUT2D eigenvalue weighted by atomic mass is 16.2. The van der Waals surface area contributed by atoms with Gasteiger partial charge in [0.2, 0.25) is 0 Å². The van der Waals surface area contributed by atoms with E-state index < -0.39 is 0 Å². The highest BCUT2D eigenvalue weighted by Gasteiger charge is 2.60. The van der Waals surface area contributed by atoms with E-state index in [-0.39, 0.29) is 22.5 Å². The van der Waals surface area contributed by atoms with Gasteiger partial charge in [-0.15, -0.1) is 0 Å². The van der Waals surface area contributed by atoms with E-state index in [0.29, 0.717) is 17.2 Å². The molecule has 0 aromatic carbocycles. The van der Waals surface area contributed by atoms with E-state index in [9.17, 15) is 9.59 Å². The van der Waals surface area contributed by atoms with Gasteiger partial charge < -0.3 is 4.98 Å². The first kappa shape index (κ1) is 15.0. The van der Waals surface area contributed by atoms with Crippen LogP contribution in [0.1, 0.15) is 67.8 Å². The first-order valence-corrected chi connectivity index (χ1v) is 7.82. The smallest absolute Gasteiger partial charge is 0.287 e. The van der Waals surface area contributed by atoms with Crippen LogP contribution in [0.4, 0.5) is 0 Å². The average Bonchev–Trinajstić information content (AvgIpc) is 3.07. The van der Waals surface area contributed by atoms with Gasteiger partial charge in [0.1, 0.15) is 5.69 Å². The minimum absolute atomic E-state index is 0.0658. The minimum Gasteiger partial charge on any atom is -0.356 e. The molecule has 3 rings (SSSR count). The van der Waals surface area contributed by atoms with Gasteiger partial charge in [0.05, 0.1) is 0 Å². The lowest BCUT2D eigenvalue weighted by Crippen LogP contribution is -2.34. The number of nitrogens with zero attached hydrogens (tertiary/aromatic N) is 1. The Bertz CT molecular complexity index is 671. The predicted molar refractivity (Wildman–Crippen MR) is 84.9 cm³/mol. The molecule has 1 heterocycles. The highest BCUT2D eigenvalue weighted by Crippen LogP contribution is 2.63. The number of ketones is 1. The van der Waals surface area contributed by atoms with E-state index in [4.69, 9.17) is 0 Å². The Morgan fingerprint density at radius 3 is 2.59 bits per heavy atom. The molecule has 22 heavy (non-hydrogen) atoms.